The van der Waals surface area contributed by atoms with E-state index in [1.54, 1.807) is 24.8 Å². The van der Waals surface area contributed by atoms with Crippen LogP contribution in [0, 0.1) is 0 Å². The van der Waals surface area contributed by atoms with Crippen LogP contribution in [0.5, 0.6) is 5.75 Å². The number of hydrogen-bond donors (Lipinski definition) is 2. The van der Waals surface area contributed by atoms with E-state index in [0.29, 0.717) is 5.56 Å². The lowest BCUT2D eigenvalue weighted by molar-refractivity contribution is 0.0939. The van der Waals surface area contributed by atoms with E-state index in [2.05, 4.69) is 26.6 Å². The summed E-state index contributed by atoms with van der Waals surface area (Å²) >= 11 is 0. The van der Waals surface area contributed by atoms with Crippen molar-refractivity contribution in [3.8, 4) is 16.9 Å². The van der Waals surface area contributed by atoms with Crippen LogP contribution in [0.25, 0.3) is 11.1 Å². The molecule has 1 aliphatic rings. The molecule has 1 amide bonds. The summed E-state index contributed by atoms with van der Waals surface area (Å²) in [6.07, 6.45) is 7.74. The second-order valence-corrected chi connectivity index (χ2v) is 6.11. The van der Waals surface area contributed by atoms with Gasteiger partial charge in [0.25, 0.3) is 5.91 Å². The number of benzene rings is 1. The van der Waals surface area contributed by atoms with Gasteiger partial charge in [-0.2, -0.15) is 5.10 Å². The van der Waals surface area contributed by atoms with E-state index in [1.807, 2.05) is 25.1 Å². The number of amides is 1. The molecule has 4 rings (SSSR count). The number of aromatic nitrogens is 3. The SMILES string of the molecule is CC(NC(=O)c1cncc(-c2ccc3c(c2)CCO3)c1)c1cn[nH]c1. The number of nitrogens with one attached hydrogen (secondary N) is 2. The van der Waals surface area contributed by atoms with E-state index >= 15 is 0 Å². The molecule has 1 aromatic carbocycles. The van der Waals surface area contributed by atoms with Crippen molar-refractivity contribution in [2.45, 2.75) is 19.4 Å². The van der Waals surface area contributed by atoms with Crippen LogP contribution >= 0.6 is 0 Å². The van der Waals surface area contributed by atoms with Gasteiger partial charge in [-0.3, -0.25) is 14.9 Å². The Kier molecular flexibility index (Phi) is 3.93. The minimum absolute atomic E-state index is 0.132. The molecule has 126 valence electrons. The van der Waals surface area contributed by atoms with Crippen molar-refractivity contribution in [2.75, 3.05) is 6.61 Å². The molecule has 0 aliphatic carbocycles. The summed E-state index contributed by atoms with van der Waals surface area (Å²) < 4.78 is 5.54. The molecule has 1 unspecified atom stereocenters. The fraction of sp³-hybridized carbons (Fsp3) is 0.211. The number of rotatable bonds is 4. The summed E-state index contributed by atoms with van der Waals surface area (Å²) in [6, 6.07) is 7.81. The molecule has 0 saturated carbocycles. The molecule has 0 saturated heterocycles. The number of carbonyl (C=O) groups is 1. The molecular formula is C19H18N4O2. The first kappa shape index (κ1) is 15.4. The van der Waals surface area contributed by atoms with Crippen LogP contribution in [0.1, 0.15) is 34.5 Å². The summed E-state index contributed by atoms with van der Waals surface area (Å²) in [5.41, 5.74) is 4.61. The molecule has 0 radical (unpaired) electrons. The Labute approximate surface area is 145 Å². The zero-order valence-corrected chi connectivity index (χ0v) is 13.8. The molecule has 6 heteroatoms. The normalized spacial score (nSPS) is 13.8. The van der Waals surface area contributed by atoms with Crippen LogP contribution in [-0.4, -0.2) is 27.7 Å². The number of fused-ring (bicyclic) bond motifs is 1. The van der Waals surface area contributed by atoms with Crippen LogP contribution < -0.4 is 10.1 Å². The van der Waals surface area contributed by atoms with Gasteiger partial charge in [0.2, 0.25) is 0 Å². The highest BCUT2D eigenvalue weighted by Crippen LogP contribution is 2.30. The molecule has 25 heavy (non-hydrogen) atoms. The van der Waals surface area contributed by atoms with Crippen molar-refractivity contribution >= 4 is 5.91 Å². The minimum atomic E-state index is -0.160. The van der Waals surface area contributed by atoms with Crippen LogP contribution in [0.2, 0.25) is 0 Å². The largest absolute Gasteiger partial charge is 0.493 e. The highest BCUT2D eigenvalue weighted by molar-refractivity contribution is 5.95. The van der Waals surface area contributed by atoms with Gasteiger partial charge in [0, 0.05) is 36.1 Å². The van der Waals surface area contributed by atoms with Gasteiger partial charge in [-0.25, -0.2) is 0 Å². The third-order valence-corrected chi connectivity index (χ3v) is 4.39. The Morgan fingerprint density at radius 1 is 1.24 bits per heavy atom. The van der Waals surface area contributed by atoms with Crippen molar-refractivity contribution in [2.24, 2.45) is 0 Å². The van der Waals surface area contributed by atoms with Crippen LogP contribution in [-0.2, 0) is 6.42 Å². The third kappa shape index (κ3) is 3.10. The zero-order chi connectivity index (χ0) is 17.2. The number of ether oxygens (including phenoxy) is 1. The quantitative estimate of drug-likeness (QED) is 0.769. The van der Waals surface area contributed by atoms with E-state index in [0.717, 1.165) is 35.5 Å². The lowest BCUT2D eigenvalue weighted by Gasteiger charge is -2.12. The molecule has 3 heterocycles. The smallest absolute Gasteiger partial charge is 0.253 e. The van der Waals surface area contributed by atoms with E-state index in [-0.39, 0.29) is 11.9 Å². The standard InChI is InChI=1S/C19H18N4O2/c1-12(17-10-21-22-11-17)23-19(24)16-7-15(8-20-9-16)13-2-3-18-14(6-13)4-5-25-18/h2-3,6-12H,4-5H2,1H3,(H,21,22)(H,23,24). The average Bonchev–Trinajstić information content (AvgIpc) is 3.32. The minimum Gasteiger partial charge on any atom is -0.493 e. The molecular weight excluding hydrogens is 316 g/mol. The zero-order valence-electron chi connectivity index (χ0n) is 13.8. The Morgan fingerprint density at radius 3 is 3.00 bits per heavy atom. The third-order valence-electron chi connectivity index (χ3n) is 4.39. The number of pyridine rings is 1. The monoisotopic (exact) mass is 334 g/mol. The molecule has 0 bridgehead atoms. The van der Waals surface area contributed by atoms with Crippen molar-refractivity contribution in [3.63, 3.8) is 0 Å². The van der Waals surface area contributed by atoms with Crippen molar-refractivity contribution < 1.29 is 9.53 Å². The fourth-order valence-corrected chi connectivity index (χ4v) is 2.95. The summed E-state index contributed by atoms with van der Waals surface area (Å²) in [5, 5.41) is 9.62. The van der Waals surface area contributed by atoms with Crippen molar-refractivity contribution in [1.82, 2.24) is 20.5 Å². The van der Waals surface area contributed by atoms with E-state index in [4.69, 9.17) is 4.74 Å². The van der Waals surface area contributed by atoms with Crippen molar-refractivity contribution in [3.05, 3.63) is 65.7 Å². The van der Waals surface area contributed by atoms with Gasteiger partial charge in [0.1, 0.15) is 5.75 Å². The molecule has 1 atom stereocenters. The maximum absolute atomic E-state index is 12.5. The molecule has 0 fully saturated rings. The Hall–Kier alpha value is -3.15. The van der Waals surface area contributed by atoms with Crippen LogP contribution in [0.15, 0.2) is 49.1 Å². The number of nitrogens with zero attached hydrogens (tertiary/aromatic N) is 2. The highest BCUT2D eigenvalue weighted by atomic mass is 16.5. The van der Waals surface area contributed by atoms with Gasteiger partial charge in [-0.15, -0.1) is 0 Å². The van der Waals surface area contributed by atoms with E-state index in [9.17, 15) is 4.79 Å². The van der Waals surface area contributed by atoms with Crippen LogP contribution in [0.4, 0.5) is 0 Å². The van der Waals surface area contributed by atoms with E-state index in [1.165, 1.54) is 5.56 Å². The maximum atomic E-state index is 12.5. The number of hydrogen-bond acceptors (Lipinski definition) is 4. The number of H-pyrrole nitrogens is 1. The highest BCUT2D eigenvalue weighted by Gasteiger charge is 2.15. The predicted molar refractivity (Wildman–Crippen MR) is 93.3 cm³/mol. The summed E-state index contributed by atoms with van der Waals surface area (Å²) in [7, 11) is 0. The second kappa shape index (κ2) is 6.39. The van der Waals surface area contributed by atoms with Gasteiger partial charge < -0.3 is 10.1 Å². The van der Waals surface area contributed by atoms with Gasteiger partial charge in [-0.05, 0) is 36.2 Å². The van der Waals surface area contributed by atoms with E-state index < -0.39 is 0 Å². The second-order valence-electron chi connectivity index (χ2n) is 6.11. The van der Waals surface area contributed by atoms with Gasteiger partial charge in [0.15, 0.2) is 0 Å². The number of aromatic amines is 1. The molecule has 3 aromatic rings. The summed E-state index contributed by atoms with van der Waals surface area (Å²) in [5.74, 6) is 0.784. The Balaban J connectivity index is 1.56. The van der Waals surface area contributed by atoms with Gasteiger partial charge in [0.05, 0.1) is 24.4 Å². The first-order valence-electron chi connectivity index (χ1n) is 8.21. The number of carbonyl (C=O) groups excluding carboxylic acids is 1. The first-order chi connectivity index (χ1) is 12.2. The molecule has 0 spiro atoms. The fourth-order valence-electron chi connectivity index (χ4n) is 2.95. The molecule has 2 aromatic heterocycles. The Morgan fingerprint density at radius 2 is 2.16 bits per heavy atom. The molecule has 1 aliphatic heterocycles. The lowest BCUT2D eigenvalue weighted by Crippen LogP contribution is -2.26. The summed E-state index contributed by atoms with van der Waals surface area (Å²) in [4.78, 5) is 16.8. The summed E-state index contributed by atoms with van der Waals surface area (Å²) in [6.45, 7) is 2.64. The Bertz CT molecular complexity index is 906. The van der Waals surface area contributed by atoms with Crippen LogP contribution in [0.3, 0.4) is 0 Å². The topological polar surface area (TPSA) is 79.9 Å². The van der Waals surface area contributed by atoms with Crippen molar-refractivity contribution in [1.29, 1.82) is 0 Å². The maximum Gasteiger partial charge on any atom is 0.253 e. The first-order valence-corrected chi connectivity index (χ1v) is 8.21. The van der Waals surface area contributed by atoms with Gasteiger partial charge in [-0.1, -0.05) is 6.07 Å². The average molecular weight is 334 g/mol. The molecule has 2 N–H and O–H groups in total. The lowest BCUT2D eigenvalue weighted by atomic mass is 10.0. The molecule has 6 nitrogen and oxygen atoms in total. The van der Waals surface area contributed by atoms with Gasteiger partial charge >= 0.3 is 0 Å². The predicted octanol–water partition coefficient (Wildman–Crippen LogP) is 2.90.